The molecule has 1 spiro atoms. The van der Waals surface area contributed by atoms with Crippen LogP contribution in [0.1, 0.15) is 30.5 Å². The molecule has 0 aliphatic carbocycles. The molecule has 0 radical (unpaired) electrons. The van der Waals surface area contributed by atoms with Gasteiger partial charge in [0.1, 0.15) is 0 Å². The molecule has 4 rings (SSSR count). The first kappa shape index (κ1) is 15.7. The minimum atomic E-state index is 0.481. The summed E-state index contributed by atoms with van der Waals surface area (Å²) in [4.78, 5) is 14.0. The van der Waals surface area contributed by atoms with Crippen LogP contribution in [-0.4, -0.2) is 45.9 Å². The van der Waals surface area contributed by atoms with Gasteiger partial charge >= 0.3 is 0 Å². The highest BCUT2D eigenvalue weighted by molar-refractivity contribution is 5.09. The minimum Gasteiger partial charge on any atom is -0.298 e. The number of rotatable bonds is 4. The van der Waals surface area contributed by atoms with Crippen LogP contribution in [0.15, 0.2) is 48.9 Å². The molecule has 126 valence electrons. The van der Waals surface area contributed by atoms with Gasteiger partial charge < -0.3 is 0 Å². The summed E-state index contributed by atoms with van der Waals surface area (Å²) in [6.45, 7) is 6.89. The van der Waals surface area contributed by atoms with Gasteiger partial charge in [-0.2, -0.15) is 0 Å². The third kappa shape index (κ3) is 3.65. The number of hydrogen-bond acceptors (Lipinski definition) is 4. The molecule has 0 N–H and O–H groups in total. The van der Waals surface area contributed by atoms with Gasteiger partial charge in [-0.1, -0.05) is 12.1 Å². The summed E-state index contributed by atoms with van der Waals surface area (Å²) >= 11 is 0. The molecule has 0 unspecified atom stereocenters. The maximum atomic E-state index is 4.50. The standard InChI is InChI=1S/C20H26N4/c1-2-10-22-19(6-1)15-23-11-4-7-20(16-23)8-12-24(17-20)14-18-5-3-9-21-13-18/h1-3,5-6,9-10,13H,4,7-8,11-12,14-17H2/t20-/m0/s1. The van der Waals surface area contributed by atoms with Gasteiger partial charge in [0.2, 0.25) is 0 Å². The first-order valence-corrected chi connectivity index (χ1v) is 9.05. The number of likely N-dealkylation sites (tertiary alicyclic amines) is 2. The van der Waals surface area contributed by atoms with Crippen molar-refractivity contribution >= 4 is 0 Å². The van der Waals surface area contributed by atoms with Crippen molar-refractivity contribution in [2.75, 3.05) is 26.2 Å². The Hall–Kier alpha value is -1.78. The van der Waals surface area contributed by atoms with Gasteiger partial charge in [0.15, 0.2) is 0 Å². The Morgan fingerprint density at radius 3 is 2.62 bits per heavy atom. The first-order chi connectivity index (χ1) is 11.8. The van der Waals surface area contributed by atoms with Crippen LogP contribution in [-0.2, 0) is 13.1 Å². The Morgan fingerprint density at radius 1 is 0.917 bits per heavy atom. The smallest absolute Gasteiger partial charge is 0.0543 e. The normalized spacial score (nSPS) is 25.3. The number of piperidine rings is 1. The van der Waals surface area contributed by atoms with Crippen LogP contribution in [0.25, 0.3) is 0 Å². The summed E-state index contributed by atoms with van der Waals surface area (Å²) in [5, 5.41) is 0. The minimum absolute atomic E-state index is 0.481. The molecule has 0 aromatic carbocycles. The molecule has 2 aliphatic heterocycles. The molecule has 4 heterocycles. The molecule has 0 amide bonds. The fraction of sp³-hybridized carbons (Fsp3) is 0.500. The van der Waals surface area contributed by atoms with Crippen molar-refractivity contribution in [1.29, 1.82) is 0 Å². The molecule has 24 heavy (non-hydrogen) atoms. The zero-order valence-electron chi connectivity index (χ0n) is 14.3. The van der Waals surface area contributed by atoms with E-state index in [1.54, 1.807) is 0 Å². The van der Waals surface area contributed by atoms with Crippen LogP contribution in [0.4, 0.5) is 0 Å². The van der Waals surface area contributed by atoms with Gasteiger partial charge in [-0.25, -0.2) is 0 Å². The average Bonchev–Trinajstić information content (AvgIpc) is 2.98. The summed E-state index contributed by atoms with van der Waals surface area (Å²) in [6.07, 6.45) is 9.76. The Bertz CT molecular complexity index is 645. The lowest BCUT2D eigenvalue weighted by Crippen LogP contribution is -2.44. The van der Waals surface area contributed by atoms with E-state index in [1.165, 1.54) is 56.7 Å². The summed E-state index contributed by atoms with van der Waals surface area (Å²) in [6, 6.07) is 10.5. The molecule has 2 saturated heterocycles. The molecule has 0 saturated carbocycles. The first-order valence-electron chi connectivity index (χ1n) is 9.05. The summed E-state index contributed by atoms with van der Waals surface area (Å²) in [5.41, 5.74) is 3.00. The number of nitrogens with zero attached hydrogens (tertiary/aromatic N) is 4. The molecular formula is C20H26N4. The highest BCUT2D eigenvalue weighted by Crippen LogP contribution is 2.39. The average molecular weight is 322 g/mol. The maximum absolute atomic E-state index is 4.50. The number of aromatic nitrogens is 2. The highest BCUT2D eigenvalue weighted by atomic mass is 15.2. The second-order valence-corrected chi connectivity index (χ2v) is 7.46. The fourth-order valence-electron chi connectivity index (χ4n) is 4.41. The van der Waals surface area contributed by atoms with Crippen molar-refractivity contribution < 1.29 is 0 Å². The molecule has 4 heteroatoms. The second-order valence-electron chi connectivity index (χ2n) is 7.46. The van der Waals surface area contributed by atoms with Gasteiger partial charge in [0, 0.05) is 44.8 Å². The van der Waals surface area contributed by atoms with Crippen LogP contribution >= 0.6 is 0 Å². The van der Waals surface area contributed by atoms with E-state index < -0.39 is 0 Å². The summed E-state index contributed by atoms with van der Waals surface area (Å²) in [5.74, 6) is 0. The molecule has 2 aliphatic rings. The van der Waals surface area contributed by atoms with Crippen molar-refractivity contribution in [3.8, 4) is 0 Å². The van der Waals surface area contributed by atoms with Gasteiger partial charge in [0.05, 0.1) is 5.69 Å². The highest BCUT2D eigenvalue weighted by Gasteiger charge is 2.41. The quantitative estimate of drug-likeness (QED) is 0.866. The van der Waals surface area contributed by atoms with E-state index in [2.05, 4.69) is 38.0 Å². The second kappa shape index (κ2) is 6.99. The van der Waals surface area contributed by atoms with Crippen LogP contribution < -0.4 is 0 Å². The number of hydrogen-bond donors (Lipinski definition) is 0. The predicted molar refractivity (Wildman–Crippen MR) is 95.3 cm³/mol. The van der Waals surface area contributed by atoms with Gasteiger partial charge in [-0.05, 0) is 61.5 Å². The van der Waals surface area contributed by atoms with Gasteiger partial charge in [-0.15, -0.1) is 0 Å². The van der Waals surface area contributed by atoms with Crippen LogP contribution in [0.5, 0.6) is 0 Å². The van der Waals surface area contributed by atoms with Crippen molar-refractivity contribution in [3.05, 3.63) is 60.2 Å². The topological polar surface area (TPSA) is 32.3 Å². The third-order valence-corrected chi connectivity index (χ3v) is 5.50. The van der Waals surface area contributed by atoms with Crippen LogP contribution in [0, 0.1) is 5.41 Å². The molecule has 0 bridgehead atoms. The van der Waals surface area contributed by atoms with Crippen molar-refractivity contribution in [3.63, 3.8) is 0 Å². The molecule has 1 atom stereocenters. The van der Waals surface area contributed by atoms with E-state index in [0.717, 1.165) is 13.1 Å². The van der Waals surface area contributed by atoms with Crippen LogP contribution in [0.3, 0.4) is 0 Å². The van der Waals surface area contributed by atoms with Gasteiger partial charge in [0.25, 0.3) is 0 Å². The Labute approximate surface area is 144 Å². The van der Waals surface area contributed by atoms with E-state index in [0.29, 0.717) is 5.41 Å². The Morgan fingerprint density at radius 2 is 1.83 bits per heavy atom. The zero-order valence-corrected chi connectivity index (χ0v) is 14.3. The fourth-order valence-corrected chi connectivity index (χ4v) is 4.41. The lowest BCUT2D eigenvalue weighted by molar-refractivity contribution is 0.0857. The van der Waals surface area contributed by atoms with E-state index in [1.807, 2.05) is 30.7 Å². The summed E-state index contributed by atoms with van der Waals surface area (Å²) < 4.78 is 0. The zero-order chi connectivity index (χ0) is 16.2. The summed E-state index contributed by atoms with van der Waals surface area (Å²) in [7, 11) is 0. The lowest BCUT2D eigenvalue weighted by atomic mass is 9.79. The monoisotopic (exact) mass is 322 g/mol. The lowest BCUT2D eigenvalue weighted by Gasteiger charge is -2.40. The van der Waals surface area contributed by atoms with E-state index >= 15 is 0 Å². The van der Waals surface area contributed by atoms with Crippen molar-refractivity contribution in [1.82, 2.24) is 19.8 Å². The third-order valence-electron chi connectivity index (χ3n) is 5.50. The Kier molecular flexibility index (Phi) is 4.58. The molecule has 2 fully saturated rings. The van der Waals surface area contributed by atoms with Gasteiger partial charge in [-0.3, -0.25) is 19.8 Å². The molecule has 2 aromatic heterocycles. The number of pyridine rings is 2. The molecule has 2 aromatic rings. The van der Waals surface area contributed by atoms with E-state index in [9.17, 15) is 0 Å². The molecular weight excluding hydrogens is 296 g/mol. The largest absolute Gasteiger partial charge is 0.298 e. The van der Waals surface area contributed by atoms with E-state index in [-0.39, 0.29) is 0 Å². The Balaban J connectivity index is 1.37. The molecule has 4 nitrogen and oxygen atoms in total. The van der Waals surface area contributed by atoms with Crippen LogP contribution in [0.2, 0.25) is 0 Å². The SMILES string of the molecule is c1ccc(CN2CCC[C@]3(CCN(Cc4cccnc4)C3)C2)nc1. The predicted octanol–water partition coefficient (Wildman–Crippen LogP) is 2.96. The van der Waals surface area contributed by atoms with Crippen molar-refractivity contribution in [2.24, 2.45) is 5.41 Å². The van der Waals surface area contributed by atoms with E-state index in [4.69, 9.17) is 0 Å². The van der Waals surface area contributed by atoms with Crippen molar-refractivity contribution in [2.45, 2.75) is 32.4 Å². The maximum Gasteiger partial charge on any atom is 0.0543 e.